The third kappa shape index (κ3) is 7.35. The molecule has 0 saturated heterocycles. The molecule has 0 fully saturated rings. The summed E-state index contributed by atoms with van der Waals surface area (Å²) >= 11 is 12.7. The smallest absolute Gasteiger partial charge is 0.244 e. The van der Waals surface area contributed by atoms with E-state index in [1.54, 1.807) is 56.3 Å². The molecule has 0 radical (unpaired) electrons. The molecule has 186 valence electrons. The number of hydrogen-bond donors (Lipinski definition) is 1. The number of sulfonamides is 1. The van der Waals surface area contributed by atoms with Crippen molar-refractivity contribution in [1.82, 2.24) is 10.2 Å². The number of halogens is 2. The fourth-order valence-corrected chi connectivity index (χ4v) is 4.83. The molecule has 10 heteroatoms. The largest absolute Gasteiger partial charge is 0.354 e. The highest BCUT2D eigenvalue weighted by atomic mass is 35.5. The number of nitrogens with one attached hydrogen (secondary N) is 1. The number of carbonyl (C=O) groups excluding carboxylic acids is 2. The first-order chi connectivity index (χ1) is 16.0. The molecular weight excluding hydrogens is 497 g/mol. The normalized spacial score (nSPS) is 12.2. The van der Waals surface area contributed by atoms with E-state index in [1.165, 1.54) is 4.90 Å². The Morgan fingerprint density at radius 1 is 1.06 bits per heavy atom. The molecule has 0 aliphatic heterocycles. The zero-order chi connectivity index (χ0) is 25.5. The minimum Gasteiger partial charge on any atom is -0.354 e. The molecule has 2 aromatic rings. The molecule has 0 spiro atoms. The molecule has 0 aliphatic carbocycles. The van der Waals surface area contributed by atoms with Gasteiger partial charge in [0.2, 0.25) is 21.8 Å². The Labute approximate surface area is 212 Å². The molecule has 2 rings (SSSR count). The van der Waals surface area contributed by atoms with E-state index in [1.807, 2.05) is 6.92 Å². The van der Waals surface area contributed by atoms with Crippen LogP contribution in [0.25, 0.3) is 0 Å². The maximum Gasteiger partial charge on any atom is 0.244 e. The molecule has 7 nitrogen and oxygen atoms in total. The van der Waals surface area contributed by atoms with Crippen molar-refractivity contribution < 1.29 is 18.0 Å². The first-order valence-corrected chi connectivity index (χ1v) is 13.6. The highest BCUT2D eigenvalue weighted by molar-refractivity contribution is 7.92. The van der Waals surface area contributed by atoms with Crippen molar-refractivity contribution in [3.8, 4) is 0 Å². The van der Waals surface area contributed by atoms with Gasteiger partial charge in [0.25, 0.3) is 0 Å². The molecule has 2 aromatic carbocycles. The van der Waals surface area contributed by atoms with E-state index in [4.69, 9.17) is 23.2 Å². The van der Waals surface area contributed by atoms with Crippen molar-refractivity contribution >= 4 is 50.7 Å². The van der Waals surface area contributed by atoms with Gasteiger partial charge in [-0.15, -0.1) is 0 Å². The van der Waals surface area contributed by atoms with Gasteiger partial charge in [-0.3, -0.25) is 13.9 Å². The Kier molecular flexibility index (Phi) is 10.2. The summed E-state index contributed by atoms with van der Waals surface area (Å²) < 4.78 is 26.3. The van der Waals surface area contributed by atoms with E-state index in [0.717, 1.165) is 23.4 Å². The molecule has 34 heavy (non-hydrogen) atoms. The molecule has 0 bridgehead atoms. The zero-order valence-corrected chi connectivity index (χ0v) is 22.2. The van der Waals surface area contributed by atoms with Crippen LogP contribution in [0.5, 0.6) is 0 Å². The maximum atomic E-state index is 13.5. The van der Waals surface area contributed by atoms with Crippen LogP contribution < -0.4 is 9.62 Å². The molecule has 0 aliphatic rings. The van der Waals surface area contributed by atoms with E-state index in [9.17, 15) is 18.0 Å². The molecule has 0 unspecified atom stereocenters. The number of hydrogen-bond acceptors (Lipinski definition) is 4. The third-order valence-corrected chi connectivity index (χ3v) is 7.29. The van der Waals surface area contributed by atoms with Crippen LogP contribution in [0.3, 0.4) is 0 Å². The van der Waals surface area contributed by atoms with Crippen LogP contribution in [0, 0.1) is 6.92 Å². The van der Waals surface area contributed by atoms with E-state index >= 15 is 0 Å². The van der Waals surface area contributed by atoms with E-state index in [-0.39, 0.29) is 12.5 Å². The van der Waals surface area contributed by atoms with Crippen molar-refractivity contribution in [2.75, 3.05) is 23.7 Å². The summed E-state index contributed by atoms with van der Waals surface area (Å²) in [6.07, 6.45) is 2.76. The van der Waals surface area contributed by atoms with Crippen LogP contribution in [0.2, 0.25) is 10.0 Å². The van der Waals surface area contributed by atoms with E-state index in [2.05, 4.69) is 5.32 Å². The average Bonchev–Trinajstić information content (AvgIpc) is 2.76. The van der Waals surface area contributed by atoms with Gasteiger partial charge in [0.15, 0.2) is 0 Å². The van der Waals surface area contributed by atoms with Crippen molar-refractivity contribution in [3.63, 3.8) is 0 Å². The van der Waals surface area contributed by atoms with E-state index in [0.29, 0.717) is 33.4 Å². The summed E-state index contributed by atoms with van der Waals surface area (Å²) in [4.78, 5) is 27.7. The molecular formula is C24H31Cl2N3O4S. The molecule has 0 saturated carbocycles. The monoisotopic (exact) mass is 527 g/mol. The summed E-state index contributed by atoms with van der Waals surface area (Å²) in [5.74, 6) is -0.894. The lowest BCUT2D eigenvalue weighted by atomic mass is 10.1. The van der Waals surface area contributed by atoms with Crippen LogP contribution in [0.1, 0.15) is 37.8 Å². The summed E-state index contributed by atoms with van der Waals surface area (Å²) in [7, 11) is -3.79. The van der Waals surface area contributed by atoms with Gasteiger partial charge in [-0.05, 0) is 44.0 Å². The van der Waals surface area contributed by atoms with Crippen LogP contribution >= 0.6 is 23.2 Å². The molecule has 1 atom stereocenters. The Morgan fingerprint density at radius 3 is 2.24 bits per heavy atom. The zero-order valence-electron chi connectivity index (χ0n) is 19.8. The predicted molar refractivity (Wildman–Crippen MR) is 138 cm³/mol. The highest BCUT2D eigenvalue weighted by Gasteiger charge is 2.31. The van der Waals surface area contributed by atoms with Gasteiger partial charge in [0.05, 0.1) is 11.9 Å². The van der Waals surface area contributed by atoms with Gasteiger partial charge in [0, 0.05) is 28.7 Å². The number of unbranched alkanes of at least 4 members (excludes halogenated alkanes) is 1. The van der Waals surface area contributed by atoms with Crippen LogP contribution in [-0.2, 0) is 26.2 Å². The fourth-order valence-electron chi connectivity index (χ4n) is 3.41. The standard InChI is InChI=1S/C24H31Cl2N3O4S/c1-5-6-14-27-24(31)18(3)28(15-19-20(25)11-9-12-21(19)26)23(30)16-29(34(4,32)33)22-13-8-7-10-17(22)2/h7-13,18H,5-6,14-16H2,1-4H3,(H,27,31)/t18-/m1/s1. The number of carbonyl (C=O) groups is 2. The number of nitrogens with zero attached hydrogens (tertiary/aromatic N) is 2. The molecule has 0 heterocycles. The predicted octanol–water partition coefficient (Wildman–Crippen LogP) is 4.40. The Morgan fingerprint density at radius 2 is 1.68 bits per heavy atom. The van der Waals surface area contributed by atoms with Gasteiger partial charge in [-0.2, -0.15) is 0 Å². The molecule has 2 amide bonds. The fraction of sp³-hybridized carbons (Fsp3) is 0.417. The minimum absolute atomic E-state index is 0.0505. The highest BCUT2D eigenvalue weighted by Crippen LogP contribution is 2.27. The van der Waals surface area contributed by atoms with Crippen molar-refractivity contribution in [2.24, 2.45) is 0 Å². The van der Waals surface area contributed by atoms with Crippen LogP contribution in [0.4, 0.5) is 5.69 Å². The Hall–Kier alpha value is -2.29. The number of para-hydroxylation sites is 1. The first kappa shape index (κ1) is 28.0. The van der Waals surface area contributed by atoms with Gasteiger partial charge in [-0.25, -0.2) is 8.42 Å². The number of anilines is 1. The van der Waals surface area contributed by atoms with Gasteiger partial charge < -0.3 is 10.2 Å². The van der Waals surface area contributed by atoms with Crippen molar-refractivity contribution in [1.29, 1.82) is 0 Å². The second-order valence-electron chi connectivity index (χ2n) is 8.10. The van der Waals surface area contributed by atoms with Crippen molar-refractivity contribution in [2.45, 2.75) is 46.2 Å². The van der Waals surface area contributed by atoms with Gasteiger partial charge >= 0.3 is 0 Å². The van der Waals surface area contributed by atoms with Gasteiger partial charge in [-0.1, -0.05) is 60.8 Å². The summed E-state index contributed by atoms with van der Waals surface area (Å²) in [6, 6.07) is 11.0. The minimum atomic E-state index is -3.79. The second kappa shape index (κ2) is 12.4. The number of rotatable bonds is 11. The molecule has 0 aromatic heterocycles. The van der Waals surface area contributed by atoms with Crippen LogP contribution in [-0.4, -0.2) is 50.5 Å². The van der Waals surface area contributed by atoms with Crippen LogP contribution in [0.15, 0.2) is 42.5 Å². The summed E-state index contributed by atoms with van der Waals surface area (Å²) in [5.41, 5.74) is 1.58. The maximum absolute atomic E-state index is 13.5. The Bertz CT molecular complexity index is 1100. The Balaban J connectivity index is 2.42. The van der Waals surface area contributed by atoms with E-state index < -0.39 is 28.5 Å². The molecule has 1 N–H and O–H groups in total. The number of aryl methyl sites for hydroxylation is 1. The second-order valence-corrected chi connectivity index (χ2v) is 10.8. The van der Waals surface area contributed by atoms with Crippen molar-refractivity contribution in [3.05, 3.63) is 63.6 Å². The third-order valence-electron chi connectivity index (χ3n) is 5.45. The average molecular weight is 529 g/mol. The quantitative estimate of drug-likeness (QED) is 0.438. The topological polar surface area (TPSA) is 86.8 Å². The lowest BCUT2D eigenvalue weighted by Crippen LogP contribution is -2.51. The lowest BCUT2D eigenvalue weighted by molar-refractivity contribution is -0.139. The number of amides is 2. The summed E-state index contributed by atoms with van der Waals surface area (Å²) in [6.45, 7) is 5.33. The number of benzene rings is 2. The summed E-state index contributed by atoms with van der Waals surface area (Å²) in [5, 5.41) is 3.53. The lowest BCUT2D eigenvalue weighted by Gasteiger charge is -2.32. The SMILES string of the molecule is CCCCNC(=O)[C@@H](C)N(Cc1c(Cl)cccc1Cl)C(=O)CN(c1ccccc1C)S(C)(=O)=O. The van der Waals surface area contributed by atoms with Gasteiger partial charge in [0.1, 0.15) is 12.6 Å². The first-order valence-electron chi connectivity index (χ1n) is 11.0.